The number of carbonyl (C=O) groups is 1. The van der Waals surface area contributed by atoms with Crippen LogP contribution >= 0.6 is 0 Å². The molecule has 0 aromatic heterocycles. The Morgan fingerprint density at radius 3 is 2.35 bits per heavy atom. The van der Waals surface area contributed by atoms with Crippen molar-refractivity contribution in [2.75, 3.05) is 38.0 Å². The number of carbonyl (C=O) groups excluding carboxylic acids is 1. The molecule has 23 heavy (non-hydrogen) atoms. The molecule has 0 radical (unpaired) electrons. The lowest BCUT2D eigenvalue weighted by Gasteiger charge is -2.34. The summed E-state index contributed by atoms with van der Waals surface area (Å²) in [6.45, 7) is 6.47. The van der Waals surface area contributed by atoms with E-state index in [2.05, 4.69) is 17.1 Å². The second-order valence-corrected chi connectivity index (χ2v) is 5.57. The number of nitrogens with two attached hydrogens (primary N) is 1. The van der Waals surface area contributed by atoms with E-state index in [0.29, 0.717) is 0 Å². The van der Waals surface area contributed by atoms with Crippen LogP contribution in [0.3, 0.4) is 0 Å². The van der Waals surface area contributed by atoms with Gasteiger partial charge < -0.3 is 16.0 Å². The Kier molecular flexibility index (Phi) is 5.48. The maximum Gasteiger partial charge on any atom is 0.416 e. The van der Waals surface area contributed by atoms with Crippen LogP contribution in [-0.2, 0) is 12.7 Å². The Bertz CT molecular complexity index is 554. The molecule has 1 aliphatic rings. The van der Waals surface area contributed by atoms with Crippen LogP contribution in [0.5, 0.6) is 0 Å². The van der Waals surface area contributed by atoms with E-state index in [1.807, 2.05) is 4.90 Å². The minimum atomic E-state index is -4.48. The Morgan fingerprint density at radius 2 is 1.83 bits per heavy atom. The van der Waals surface area contributed by atoms with Crippen LogP contribution in [-0.4, -0.2) is 48.6 Å². The molecular formula is C15H21F3N4O. The van der Waals surface area contributed by atoms with Crippen LogP contribution in [0.4, 0.5) is 23.7 Å². The number of primary amides is 1. The molecular weight excluding hydrogens is 309 g/mol. The summed E-state index contributed by atoms with van der Waals surface area (Å²) in [6.07, 6.45) is -4.48. The molecule has 1 aromatic carbocycles. The number of halogens is 3. The van der Waals surface area contributed by atoms with E-state index in [4.69, 9.17) is 5.73 Å². The number of nitrogens with zero attached hydrogens (tertiary/aromatic N) is 2. The fraction of sp³-hybridized carbons (Fsp3) is 0.533. The average molecular weight is 330 g/mol. The van der Waals surface area contributed by atoms with E-state index in [1.165, 1.54) is 12.1 Å². The summed E-state index contributed by atoms with van der Waals surface area (Å²) in [4.78, 5) is 15.1. The molecule has 2 rings (SSSR count). The number of alkyl halides is 3. The van der Waals surface area contributed by atoms with Gasteiger partial charge in [-0.05, 0) is 24.2 Å². The molecule has 0 atom stereocenters. The zero-order valence-corrected chi connectivity index (χ0v) is 13.0. The molecule has 0 bridgehead atoms. The molecule has 0 saturated carbocycles. The number of hydrogen-bond donors (Lipinski definition) is 2. The first kappa shape index (κ1) is 17.6. The van der Waals surface area contributed by atoms with Crippen molar-refractivity contribution in [3.8, 4) is 0 Å². The maximum absolute atomic E-state index is 13.3. The highest BCUT2D eigenvalue weighted by Gasteiger charge is 2.34. The average Bonchev–Trinajstić information content (AvgIpc) is 2.48. The summed E-state index contributed by atoms with van der Waals surface area (Å²) >= 11 is 0. The molecule has 0 aliphatic carbocycles. The SMILES string of the molecule is CCN1CCN(Cc2ccc(NC(N)=O)cc2C(F)(F)F)CC1. The van der Waals surface area contributed by atoms with Crippen molar-refractivity contribution in [1.82, 2.24) is 9.80 Å². The van der Waals surface area contributed by atoms with Gasteiger partial charge in [-0.15, -0.1) is 0 Å². The molecule has 1 aromatic rings. The minimum Gasteiger partial charge on any atom is -0.351 e. The molecule has 3 N–H and O–H groups in total. The van der Waals surface area contributed by atoms with Crippen molar-refractivity contribution in [1.29, 1.82) is 0 Å². The van der Waals surface area contributed by atoms with Gasteiger partial charge in [-0.3, -0.25) is 4.90 Å². The normalized spacial score (nSPS) is 17.2. The van der Waals surface area contributed by atoms with Crippen LogP contribution in [0.1, 0.15) is 18.1 Å². The number of hydrogen-bond acceptors (Lipinski definition) is 3. The fourth-order valence-electron chi connectivity index (χ4n) is 2.70. The van der Waals surface area contributed by atoms with Gasteiger partial charge in [0.15, 0.2) is 0 Å². The van der Waals surface area contributed by atoms with Crippen molar-refractivity contribution in [2.24, 2.45) is 5.73 Å². The van der Waals surface area contributed by atoms with Crippen LogP contribution in [0.15, 0.2) is 18.2 Å². The molecule has 2 amide bonds. The highest BCUT2D eigenvalue weighted by atomic mass is 19.4. The number of likely N-dealkylation sites (N-methyl/N-ethyl adjacent to an activating group) is 1. The number of anilines is 1. The highest BCUT2D eigenvalue weighted by molar-refractivity contribution is 5.87. The number of rotatable bonds is 4. The van der Waals surface area contributed by atoms with Crippen molar-refractivity contribution >= 4 is 11.7 Å². The number of nitrogens with one attached hydrogen (secondary N) is 1. The van der Waals surface area contributed by atoms with Crippen LogP contribution in [0.25, 0.3) is 0 Å². The van der Waals surface area contributed by atoms with Crippen molar-refractivity contribution in [3.63, 3.8) is 0 Å². The fourth-order valence-corrected chi connectivity index (χ4v) is 2.70. The summed E-state index contributed by atoms with van der Waals surface area (Å²) in [5, 5.41) is 2.18. The summed E-state index contributed by atoms with van der Waals surface area (Å²) in [7, 11) is 0. The topological polar surface area (TPSA) is 61.6 Å². The molecule has 1 aliphatic heterocycles. The molecule has 0 spiro atoms. The Hall–Kier alpha value is -1.80. The molecule has 8 heteroatoms. The van der Waals surface area contributed by atoms with Gasteiger partial charge in [0.25, 0.3) is 0 Å². The molecule has 5 nitrogen and oxygen atoms in total. The first-order valence-electron chi connectivity index (χ1n) is 7.51. The monoisotopic (exact) mass is 330 g/mol. The predicted molar refractivity (Wildman–Crippen MR) is 82.0 cm³/mol. The Labute approximate surface area is 133 Å². The van der Waals surface area contributed by atoms with Gasteiger partial charge in [0.2, 0.25) is 0 Å². The highest BCUT2D eigenvalue weighted by Crippen LogP contribution is 2.34. The van der Waals surface area contributed by atoms with E-state index in [9.17, 15) is 18.0 Å². The lowest BCUT2D eigenvalue weighted by molar-refractivity contribution is -0.138. The molecule has 1 fully saturated rings. The standard InChI is InChI=1S/C15H21F3N4O/c1-2-21-5-7-22(8-6-21)10-11-3-4-12(20-14(19)23)9-13(11)15(16,17)18/h3-4,9H,2,5-8,10H2,1H3,(H3,19,20,23). The first-order valence-corrected chi connectivity index (χ1v) is 7.51. The molecule has 0 unspecified atom stereocenters. The minimum absolute atomic E-state index is 0.0457. The van der Waals surface area contributed by atoms with Gasteiger partial charge in [-0.25, -0.2) is 4.79 Å². The van der Waals surface area contributed by atoms with E-state index in [0.717, 1.165) is 38.8 Å². The Morgan fingerprint density at radius 1 is 1.22 bits per heavy atom. The third kappa shape index (κ3) is 4.84. The number of benzene rings is 1. The van der Waals surface area contributed by atoms with E-state index >= 15 is 0 Å². The van der Waals surface area contributed by atoms with Gasteiger partial charge in [0.1, 0.15) is 0 Å². The largest absolute Gasteiger partial charge is 0.416 e. The van der Waals surface area contributed by atoms with E-state index in [-0.39, 0.29) is 17.8 Å². The zero-order valence-electron chi connectivity index (χ0n) is 13.0. The molecule has 128 valence electrons. The third-order valence-corrected chi connectivity index (χ3v) is 3.99. The smallest absolute Gasteiger partial charge is 0.351 e. The van der Waals surface area contributed by atoms with E-state index < -0.39 is 17.8 Å². The summed E-state index contributed by atoms with van der Waals surface area (Å²) in [5.41, 5.74) is 4.47. The van der Waals surface area contributed by atoms with Crippen LogP contribution < -0.4 is 11.1 Å². The van der Waals surface area contributed by atoms with Crippen molar-refractivity contribution in [3.05, 3.63) is 29.3 Å². The second-order valence-electron chi connectivity index (χ2n) is 5.57. The lowest BCUT2D eigenvalue weighted by Crippen LogP contribution is -2.45. The van der Waals surface area contributed by atoms with Gasteiger partial charge in [-0.2, -0.15) is 13.2 Å². The third-order valence-electron chi connectivity index (χ3n) is 3.99. The van der Waals surface area contributed by atoms with Gasteiger partial charge in [0, 0.05) is 38.4 Å². The van der Waals surface area contributed by atoms with Crippen molar-refractivity contribution < 1.29 is 18.0 Å². The number of piperazine rings is 1. The molecule has 1 heterocycles. The first-order chi connectivity index (χ1) is 10.8. The summed E-state index contributed by atoms with van der Waals surface area (Å²) in [6, 6.07) is 2.89. The second kappa shape index (κ2) is 7.18. The van der Waals surface area contributed by atoms with Crippen LogP contribution in [0.2, 0.25) is 0 Å². The van der Waals surface area contributed by atoms with Crippen molar-refractivity contribution in [2.45, 2.75) is 19.6 Å². The molecule has 1 saturated heterocycles. The van der Waals surface area contributed by atoms with Gasteiger partial charge in [-0.1, -0.05) is 13.0 Å². The summed E-state index contributed by atoms with van der Waals surface area (Å²) < 4.78 is 39.8. The zero-order chi connectivity index (χ0) is 17.0. The van der Waals surface area contributed by atoms with Gasteiger partial charge in [0.05, 0.1) is 5.56 Å². The maximum atomic E-state index is 13.3. The Balaban J connectivity index is 2.16. The predicted octanol–water partition coefficient (Wildman–Crippen LogP) is 2.33. The number of amides is 2. The number of urea groups is 1. The van der Waals surface area contributed by atoms with E-state index in [1.54, 1.807) is 0 Å². The lowest BCUT2D eigenvalue weighted by atomic mass is 10.0. The summed E-state index contributed by atoms with van der Waals surface area (Å²) in [5.74, 6) is 0. The van der Waals surface area contributed by atoms with Crippen LogP contribution in [0, 0.1) is 0 Å². The van der Waals surface area contributed by atoms with Gasteiger partial charge >= 0.3 is 12.2 Å². The quantitative estimate of drug-likeness (QED) is 0.891.